The Morgan fingerprint density at radius 1 is 1.29 bits per heavy atom. The van der Waals surface area contributed by atoms with Crippen LogP contribution in [0.15, 0.2) is 34.5 Å². The molecule has 1 aliphatic rings. The summed E-state index contributed by atoms with van der Waals surface area (Å²) in [7, 11) is 0. The molecule has 0 spiro atoms. The first kappa shape index (κ1) is 17.5. The zero-order chi connectivity index (χ0) is 17.1. The number of amides is 1. The average Bonchev–Trinajstić information content (AvgIpc) is 2.97. The Hall–Kier alpha value is -1.37. The van der Waals surface area contributed by atoms with Gasteiger partial charge in [0.05, 0.1) is 22.9 Å². The third kappa shape index (κ3) is 4.37. The average molecular weight is 363 g/mol. The number of rotatable bonds is 4. The molecule has 1 aliphatic heterocycles. The third-order valence-corrected chi connectivity index (χ3v) is 5.73. The lowest BCUT2D eigenvalue weighted by Crippen LogP contribution is -2.48. The number of thiazole rings is 1. The monoisotopic (exact) mass is 362 g/mol. The van der Waals surface area contributed by atoms with Crippen molar-refractivity contribution in [2.45, 2.75) is 43.6 Å². The summed E-state index contributed by atoms with van der Waals surface area (Å²) < 4.78 is 5.69. The highest BCUT2D eigenvalue weighted by molar-refractivity contribution is 7.98. The van der Waals surface area contributed by atoms with Crippen LogP contribution >= 0.6 is 23.1 Å². The smallest absolute Gasteiger partial charge is 0.254 e. The molecule has 1 fully saturated rings. The van der Waals surface area contributed by atoms with E-state index in [4.69, 9.17) is 4.74 Å². The summed E-state index contributed by atoms with van der Waals surface area (Å²) in [5, 5.41) is 3.20. The number of morpholine rings is 1. The summed E-state index contributed by atoms with van der Waals surface area (Å²) in [5.74, 6) is 0.944. The van der Waals surface area contributed by atoms with E-state index < -0.39 is 0 Å². The summed E-state index contributed by atoms with van der Waals surface area (Å²) >= 11 is 3.42. The lowest BCUT2D eigenvalue weighted by molar-refractivity contribution is -0.0586. The fourth-order valence-electron chi connectivity index (χ4n) is 2.85. The minimum absolute atomic E-state index is 0.0867. The molecular weight excluding hydrogens is 340 g/mol. The molecule has 2 heterocycles. The van der Waals surface area contributed by atoms with E-state index in [9.17, 15) is 4.79 Å². The van der Waals surface area contributed by atoms with Crippen LogP contribution in [0.3, 0.4) is 0 Å². The molecule has 2 atom stereocenters. The van der Waals surface area contributed by atoms with Crippen molar-refractivity contribution in [2.24, 2.45) is 0 Å². The molecule has 2 unspecified atom stereocenters. The van der Waals surface area contributed by atoms with Gasteiger partial charge in [0.15, 0.2) is 0 Å². The second-order valence-corrected chi connectivity index (χ2v) is 8.25. The van der Waals surface area contributed by atoms with E-state index in [0.29, 0.717) is 13.1 Å². The standard InChI is InChI=1S/C18H22N2O2S2/c1-12-8-20(9-13(2)22-12)18(21)15-4-6-17(7-5-15)24-11-16-10-23-14(3)19-16/h4-7,10,12-13H,8-9,11H2,1-3H3. The van der Waals surface area contributed by atoms with Gasteiger partial charge < -0.3 is 9.64 Å². The Morgan fingerprint density at radius 3 is 2.54 bits per heavy atom. The molecule has 128 valence electrons. The normalized spacial score (nSPS) is 21.0. The van der Waals surface area contributed by atoms with Crippen molar-refractivity contribution in [1.82, 2.24) is 9.88 Å². The van der Waals surface area contributed by atoms with Gasteiger partial charge in [-0.1, -0.05) is 0 Å². The Morgan fingerprint density at radius 2 is 1.96 bits per heavy atom. The quantitative estimate of drug-likeness (QED) is 0.771. The molecule has 0 saturated carbocycles. The number of aryl methyl sites for hydroxylation is 1. The van der Waals surface area contributed by atoms with Crippen LogP contribution in [0.4, 0.5) is 0 Å². The topological polar surface area (TPSA) is 42.4 Å². The van der Waals surface area contributed by atoms with Crippen molar-refractivity contribution in [3.8, 4) is 0 Å². The first-order chi connectivity index (χ1) is 11.5. The summed E-state index contributed by atoms with van der Waals surface area (Å²) in [6, 6.07) is 7.87. The van der Waals surface area contributed by atoms with Gasteiger partial charge in [0.1, 0.15) is 0 Å². The van der Waals surface area contributed by atoms with Gasteiger partial charge in [-0.15, -0.1) is 23.1 Å². The van der Waals surface area contributed by atoms with E-state index in [1.54, 1.807) is 23.1 Å². The lowest BCUT2D eigenvalue weighted by Gasteiger charge is -2.35. The highest BCUT2D eigenvalue weighted by atomic mass is 32.2. The van der Waals surface area contributed by atoms with Gasteiger partial charge in [0.25, 0.3) is 5.91 Å². The lowest BCUT2D eigenvalue weighted by atomic mass is 10.1. The molecular formula is C18H22N2O2S2. The van der Waals surface area contributed by atoms with E-state index in [2.05, 4.69) is 10.4 Å². The van der Waals surface area contributed by atoms with E-state index >= 15 is 0 Å². The van der Waals surface area contributed by atoms with Crippen LogP contribution in [-0.2, 0) is 10.5 Å². The number of carbonyl (C=O) groups excluding carboxylic acids is 1. The summed E-state index contributed by atoms with van der Waals surface area (Å²) in [6.45, 7) is 7.35. The third-order valence-electron chi connectivity index (χ3n) is 3.86. The molecule has 6 heteroatoms. The Bertz CT molecular complexity index is 689. The van der Waals surface area contributed by atoms with Gasteiger partial charge in [0.2, 0.25) is 0 Å². The van der Waals surface area contributed by atoms with E-state index in [1.807, 2.05) is 49.9 Å². The Balaban J connectivity index is 1.60. The first-order valence-electron chi connectivity index (χ1n) is 8.10. The number of carbonyl (C=O) groups is 1. The molecule has 4 nitrogen and oxygen atoms in total. The number of nitrogens with zero attached hydrogens (tertiary/aromatic N) is 2. The molecule has 1 aromatic carbocycles. The first-order valence-corrected chi connectivity index (χ1v) is 9.96. The maximum absolute atomic E-state index is 12.6. The number of hydrogen-bond donors (Lipinski definition) is 0. The Kier molecular flexibility index (Phi) is 5.58. The fourth-order valence-corrected chi connectivity index (χ4v) is 4.36. The molecule has 0 bridgehead atoms. The molecule has 24 heavy (non-hydrogen) atoms. The molecule has 0 N–H and O–H groups in total. The van der Waals surface area contributed by atoms with Gasteiger partial charge in [-0.25, -0.2) is 4.98 Å². The van der Waals surface area contributed by atoms with Crippen LogP contribution in [0, 0.1) is 6.92 Å². The fraction of sp³-hybridized carbons (Fsp3) is 0.444. The minimum atomic E-state index is 0.0867. The van der Waals surface area contributed by atoms with Gasteiger partial charge in [-0.05, 0) is 45.0 Å². The van der Waals surface area contributed by atoms with Crippen molar-refractivity contribution in [3.05, 3.63) is 45.9 Å². The summed E-state index contributed by atoms with van der Waals surface area (Å²) in [5.41, 5.74) is 1.85. The zero-order valence-corrected chi connectivity index (χ0v) is 15.8. The van der Waals surface area contributed by atoms with E-state index in [-0.39, 0.29) is 18.1 Å². The van der Waals surface area contributed by atoms with Crippen LogP contribution < -0.4 is 0 Å². The predicted molar refractivity (Wildman–Crippen MR) is 98.8 cm³/mol. The number of ether oxygens (including phenoxy) is 1. The van der Waals surface area contributed by atoms with Crippen LogP contribution in [-0.4, -0.2) is 41.1 Å². The second kappa shape index (κ2) is 7.68. The van der Waals surface area contributed by atoms with Crippen molar-refractivity contribution in [1.29, 1.82) is 0 Å². The van der Waals surface area contributed by atoms with Crippen LogP contribution in [0.1, 0.15) is 34.9 Å². The summed E-state index contributed by atoms with van der Waals surface area (Å²) in [6.07, 6.45) is 0.184. The molecule has 0 aliphatic carbocycles. The second-order valence-electron chi connectivity index (χ2n) is 6.14. The largest absolute Gasteiger partial charge is 0.372 e. The minimum Gasteiger partial charge on any atom is -0.372 e. The predicted octanol–water partition coefficient (Wildman–Crippen LogP) is 3.99. The van der Waals surface area contributed by atoms with Crippen LogP contribution in [0.2, 0.25) is 0 Å². The van der Waals surface area contributed by atoms with Gasteiger partial charge in [-0.2, -0.15) is 0 Å². The molecule has 1 aromatic heterocycles. The highest BCUT2D eigenvalue weighted by Gasteiger charge is 2.26. The van der Waals surface area contributed by atoms with E-state index in [1.165, 1.54) is 0 Å². The van der Waals surface area contributed by atoms with Gasteiger partial charge in [0, 0.05) is 34.7 Å². The highest BCUT2D eigenvalue weighted by Crippen LogP contribution is 2.24. The van der Waals surface area contributed by atoms with Crippen molar-refractivity contribution < 1.29 is 9.53 Å². The van der Waals surface area contributed by atoms with Gasteiger partial charge >= 0.3 is 0 Å². The maximum Gasteiger partial charge on any atom is 0.254 e. The number of benzene rings is 1. The number of thioether (sulfide) groups is 1. The number of hydrogen-bond acceptors (Lipinski definition) is 5. The molecule has 1 amide bonds. The molecule has 0 radical (unpaired) electrons. The SMILES string of the molecule is Cc1nc(CSc2ccc(C(=O)N3CC(C)OC(C)C3)cc2)cs1. The summed E-state index contributed by atoms with van der Waals surface area (Å²) in [4.78, 5) is 20.2. The van der Waals surface area contributed by atoms with Crippen molar-refractivity contribution >= 4 is 29.0 Å². The zero-order valence-electron chi connectivity index (χ0n) is 14.2. The maximum atomic E-state index is 12.6. The van der Waals surface area contributed by atoms with Gasteiger partial charge in [-0.3, -0.25) is 4.79 Å². The van der Waals surface area contributed by atoms with Crippen LogP contribution in [0.25, 0.3) is 0 Å². The van der Waals surface area contributed by atoms with Crippen molar-refractivity contribution in [2.75, 3.05) is 13.1 Å². The Labute approximate surface area is 151 Å². The van der Waals surface area contributed by atoms with Crippen LogP contribution in [0.5, 0.6) is 0 Å². The molecule has 3 rings (SSSR count). The molecule has 1 saturated heterocycles. The van der Waals surface area contributed by atoms with E-state index in [0.717, 1.165) is 26.9 Å². The van der Waals surface area contributed by atoms with Crippen molar-refractivity contribution in [3.63, 3.8) is 0 Å². The molecule has 2 aromatic rings. The number of aromatic nitrogens is 1.